The van der Waals surface area contributed by atoms with Crippen LogP contribution in [0.25, 0.3) is 86.5 Å². The number of rotatable bonds is 3. The van der Waals surface area contributed by atoms with E-state index >= 15 is 0 Å². The fourth-order valence-electron chi connectivity index (χ4n) is 8.29. The van der Waals surface area contributed by atoms with Gasteiger partial charge in [-0.3, -0.25) is 0 Å². The molecule has 226 valence electrons. The van der Waals surface area contributed by atoms with Crippen molar-refractivity contribution in [3.63, 3.8) is 0 Å². The average molecular weight is 630 g/mol. The Kier molecular flexibility index (Phi) is 5.86. The van der Waals surface area contributed by atoms with Crippen molar-refractivity contribution < 1.29 is 0 Å². The van der Waals surface area contributed by atoms with Gasteiger partial charge in [0.1, 0.15) is 5.01 Å². The van der Waals surface area contributed by atoms with Gasteiger partial charge in [-0.05, 0) is 95.0 Å². The molecule has 0 unspecified atom stereocenters. The lowest BCUT2D eigenvalue weighted by atomic mass is 9.81. The Hall–Kier alpha value is -5.57. The summed E-state index contributed by atoms with van der Waals surface area (Å²) in [5.74, 6) is 0. The van der Waals surface area contributed by atoms with Crippen molar-refractivity contribution in [3.8, 4) is 44.0 Å². The largest absolute Gasteiger partial charge is 0.236 e. The van der Waals surface area contributed by atoms with Crippen molar-refractivity contribution in [2.45, 2.75) is 19.3 Å². The summed E-state index contributed by atoms with van der Waals surface area (Å²) >= 11 is 1.78. The first-order valence-corrected chi connectivity index (χ1v) is 17.5. The highest BCUT2D eigenvalue weighted by Gasteiger charge is 2.37. The highest BCUT2D eigenvalue weighted by molar-refractivity contribution is 7.21. The van der Waals surface area contributed by atoms with Crippen molar-refractivity contribution in [2.24, 2.45) is 0 Å². The maximum Gasteiger partial charge on any atom is 0.125 e. The van der Waals surface area contributed by atoms with Crippen LogP contribution in [0.3, 0.4) is 0 Å². The van der Waals surface area contributed by atoms with E-state index in [0.29, 0.717) is 0 Å². The molecule has 0 aliphatic heterocycles. The molecular formula is C46H31NS. The average Bonchev–Trinajstić information content (AvgIpc) is 3.66. The Labute approximate surface area is 283 Å². The molecule has 10 rings (SSSR count). The molecule has 0 saturated heterocycles. The summed E-state index contributed by atoms with van der Waals surface area (Å²) < 4.78 is 1.21. The maximum absolute atomic E-state index is 5.23. The predicted molar refractivity (Wildman–Crippen MR) is 206 cm³/mol. The third-order valence-corrected chi connectivity index (χ3v) is 11.6. The van der Waals surface area contributed by atoms with E-state index in [9.17, 15) is 0 Å². The van der Waals surface area contributed by atoms with E-state index < -0.39 is 0 Å². The molecule has 2 heteroatoms. The summed E-state index contributed by atoms with van der Waals surface area (Å²) in [7, 11) is 0. The molecule has 0 saturated carbocycles. The van der Waals surface area contributed by atoms with Gasteiger partial charge in [-0.25, -0.2) is 4.98 Å². The van der Waals surface area contributed by atoms with Gasteiger partial charge in [-0.2, -0.15) is 0 Å². The molecule has 1 aliphatic carbocycles. The third-order valence-electron chi connectivity index (χ3n) is 10.5. The highest BCUT2D eigenvalue weighted by atomic mass is 32.1. The summed E-state index contributed by atoms with van der Waals surface area (Å²) in [5, 5.41) is 8.56. The van der Waals surface area contributed by atoms with E-state index in [0.717, 1.165) is 10.5 Å². The summed E-state index contributed by atoms with van der Waals surface area (Å²) in [6, 6.07) is 55.9. The van der Waals surface area contributed by atoms with Gasteiger partial charge in [0.15, 0.2) is 0 Å². The summed E-state index contributed by atoms with van der Waals surface area (Å²) in [6.45, 7) is 4.74. The van der Waals surface area contributed by atoms with Crippen LogP contribution in [0.1, 0.15) is 25.0 Å². The Balaban J connectivity index is 1.37. The van der Waals surface area contributed by atoms with Gasteiger partial charge in [0.05, 0.1) is 10.2 Å². The molecule has 0 fully saturated rings. The Morgan fingerprint density at radius 3 is 1.96 bits per heavy atom. The number of hydrogen-bond donors (Lipinski definition) is 0. The second-order valence-electron chi connectivity index (χ2n) is 13.5. The lowest BCUT2D eigenvalue weighted by Gasteiger charge is -2.22. The van der Waals surface area contributed by atoms with Crippen LogP contribution in [0.5, 0.6) is 0 Å². The van der Waals surface area contributed by atoms with Crippen molar-refractivity contribution in [1.29, 1.82) is 0 Å². The monoisotopic (exact) mass is 629 g/mol. The number of aromatic nitrogens is 1. The molecule has 0 amide bonds. The quantitative estimate of drug-likeness (QED) is 0.177. The molecule has 1 aliphatic rings. The number of hydrogen-bond acceptors (Lipinski definition) is 2. The molecular weight excluding hydrogens is 599 g/mol. The van der Waals surface area contributed by atoms with E-state index in [4.69, 9.17) is 4.98 Å². The zero-order valence-corrected chi connectivity index (χ0v) is 27.6. The smallest absolute Gasteiger partial charge is 0.125 e. The van der Waals surface area contributed by atoms with E-state index in [1.165, 1.54) is 87.1 Å². The Morgan fingerprint density at radius 1 is 0.458 bits per heavy atom. The number of thiazole rings is 1. The lowest BCUT2D eigenvalue weighted by Crippen LogP contribution is -2.14. The second kappa shape index (κ2) is 10.2. The van der Waals surface area contributed by atoms with Crippen LogP contribution in [0.4, 0.5) is 0 Å². The number of fused-ring (bicyclic) bond motifs is 7. The fraction of sp³-hybridized carbons (Fsp3) is 0.0652. The normalized spacial score (nSPS) is 13.4. The SMILES string of the molecule is CC1(C)c2ccccc2-c2c(-c3c4ccccc4c(-c4nc5ccccc5s4)c4ccc(-c5cccc6ccccc56)cc34)cccc21. The van der Waals surface area contributed by atoms with Gasteiger partial charge in [-0.15, -0.1) is 11.3 Å². The minimum Gasteiger partial charge on any atom is -0.236 e. The molecule has 48 heavy (non-hydrogen) atoms. The van der Waals surface area contributed by atoms with E-state index in [-0.39, 0.29) is 5.41 Å². The van der Waals surface area contributed by atoms with Crippen LogP contribution in [0.2, 0.25) is 0 Å². The highest BCUT2D eigenvalue weighted by Crippen LogP contribution is 2.55. The third kappa shape index (κ3) is 3.87. The molecule has 0 atom stereocenters. The van der Waals surface area contributed by atoms with Crippen LogP contribution >= 0.6 is 11.3 Å². The van der Waals surface area contributed by atoms with E-state index in [1.807, 2.05) is 0 Å². The van der Waals surface area contributed by atoms with E-state index in [2.05, 4.69) is 166 Å². The van der Waals surface area contributed by atoms with Crippen LogP contribution in [0, 0.1) is 0 Å². The van der Waals surface area contributed by atoms with Gasteiger partial charge < -0.3 is 0 Å². The lowest BCUT2D eigenvalue weighted by molar-refractivity contribution is 0.660. The molecule has 9 aromatic rings. The van der Waals surface area contributed by atoms with Gasteiger partial charge in [0.25, 0.3) is 0 Å². The van der Waals surface area contributed by atoms with Crippen molar-refractivity contribution >= 4 is 53.9 Å². The minimum absolute atomic E-state index is 0.0808. The predicted octanol–water partition coefficient (Wildman–Crippen LogP) is 13.1. The van der Waals surface area contributed by atoms with Crippen molar-refractivity contribution in [2.75, 3.05) is 0 Å². The number of benzene rings is 8. The zero-order chi connectivity index (χ0) is 32.0. The molecule has 1 nitrogen and oxygen atoms in total. The zero-order valence-electron chi connectivity index (χ0n) is 26.8. The standard InChI is InChI=1S/C46H31NS/c1-46(2)38-21-8-7-18-35(38)43-36(20-12-22-39(43)46)42-32-16-5-6-17-33(32)44(45-47-40-23-9-10-24-41(40)48-45)34-26-25-29(27-37(34)42)31-19-11-14-28-13-3-4-15-30(28)31/h3-27H,1-2H3. The van der Waals surface area contributed by atoms with Crippen LogP contribution in [-0.4, -0.2) is 4.98 Å². The molecule has 0 spiro atoms. The molecule has 0 bridgehead atoms. The van der Waals surface area contributed by atoms with Gasteiger partial charge in [0, 0.05) is 11.0 Å². The summed E-state index contributed by atoms with van der Waals surface area (Å²) in [5.41, 5.74) is 12.7. The second-order valence-corrected chi connectivity index (χ2v) is 14.5. The fourth-order valence-corrected chi connectivity index (χ4v) is 9.32. The van der Waals surface area contributed by atoms with Crippen LogP contribution < -0.4 is 0 Å². The van der Waals surface area contributed by atoms with Crippen molar-refractivity contribution in [3.05, 3.63) is 163 Å². The molecule has 0 radical (unpaired) electrons. The molecule has 1 heterocycles. The molecule has 0 N–H and O–H groups in total. The topological polar surface area (TPSA) is 12.9 Å². The van der Waals surface area contributed by atoms with E-state index in [1.54, 1.807) is 11.3 Å². The molecule has 8 aromatic carbocycles. The number of nitrogens with zero attached hydrogens (tertiary/aromatic N) is 1. The van der Waals surface area contributed by atoms with Crippen molar-refractivity contribution in [1.82, 2.24) is 4.98 Å². The van der Waals surface area contributed by atoms with Crippen LogP contribution in [0.15, 0.2) is 152 Å². The minimum atomic E-state index is -0.0808. The first-order chi connectivity index (χ1) is 23.6. The first-order valence-electron chi connectivity index (χ1n) is 16.6. The number of para-hydroxylation sites is 1. The summed E-state index contributed by atoms with van der Waals surface area (Å²) in [4.78, 5) is 5.23. The molecule has 1 aromatic heterocycles. The van der Waals surface area contributed by atoms with Gasteiger partial charge >= 0.3 is 0 Å². The van der Waals surface area contributed by atoms with Gasteiger partial charge in [-0.1, -0.05) is 147 Å². The maximum atomic E-state index is 5.23. The van der Waals surface area contributed by atoms with Crippen LogP contribution in [-0.2, 0) is 5.41 Å². The first kappa shape index (κ1) is 27.5. The van der Waals surface area contributed by atoms with Gasteiger partial charge in [0.2, 0.25) is 0 Å². The Morgan fingerprint density at radius 2 is 1.08 bits per heavy atom. The summed E-state index contributed by atoms with van der Waals surface area (Å²) in [6.07, 6.45) is 0. The Bertz CT molecular complexity index is 2730.